The first-order chi connectivity index (χ1) is 13.6. The third-order valence-corrected chi connectivity index (χ3v) is 7.38. The SMILES string of the molecule is Cc1ccc(S(=O)(=O)N2CCC[C@H]2C(=O)Nc2ccc(CS(N)(=O)=O)cc2)cc1. The van der Waals surface area contributed by atoms with Gasteiger partial charge in [-0.05, 0) is 49.6 Å². The van der Waals surface area contributed by atoms with Gasteiger partial charge >= 0.3 is 0 Å². The number of hydrogen-bond acceptors (Lipinski definition) is 5. The van der Waals surface area contributed by atoms with Gasteiger partial charge in [-0.15, -0.1) is 0 Å². The van der Waals surface area contributed by atoms with Gasteiger partial charge in [-0.3, -0.25) is 4.79 Å². The molecule has 1 saturated heterocycles. The second kappa shape index (κ2) is 8.23. The Bertz CT molecular complexity index is 1100. The van der Waals surface area contributed by atoms with Crippen LogP contribution in [0.1, 0.15) is 24.0 Å². The fourth-order valence-corrected chi connectivity index (χ4v) is 5.59. The lowest BCUT2D eigenvalue weighted by Crippen LogP contribution is -2.43. The number of rotatable bonds is 6. The number of amides is 1. The molecule has 2 aromatic carbocycles. The van der Waals surface area contributed by atoms with E-state index in [0.29, 0.717) is 24.1 Å². The summed E-state index contributed by atoms with van der Waals surface area (Å²) < 4.78 is 49.5. The van der Waals surface area contributed by atoms with Gasteiger partial charge < -0.3 is 5.32 Å². The Labute approximate surface area is 170 Å². The molecule has 0 aromatic heterocycles. The Morgan fingerprint density at radius 2 is 1.69 bits per heavy atom. The van der Waals surface area contributed by atoms with Crippen LogP contribution in [0, 0.1) is 6.92 Å². The van der Waals surface area contributed by atoms with Gasteiger partial charge in [0.2, 0.25) is 26.0 Å². The van der Waals surface area contributed by atoms with Crippen molar-refractivity contribution in [3.8, 4) is 0 Å². The summed E-state index contributed by atoms with van der Waals surface area (Å²) in [5.41, 5.74) is 1.90. The van der Waals surface area contributed by atoms with E-state index < -0.39 is 32.0 Å². The molecular weight excluding hydrogens is 414 g/mol. The topological polar surface area (TPSA) is 127 Å². The molecule has 3 rings (SSSR count). The van der Waals surface area contributed by atoms with Crippen LogP contribution in [0.3, 0.4) is 0 Å². The van der Waals surface area contributed by atoms with Crippen molar-refractivity contribution in [2.24, 2.45) is 5.14 Å². The van der Waals surface area contributed by atoms with Crippen molar-refractivity contribution in [2.45, 2.75) is 36.5 Å². The van der Waals surface area contributed by atoms with Crippen LogP contribution >= 0.6 is 0 Å². The lowest BCUT2D eigenvalue weighted by Gasteiger charge is -2.23. The highest BCUT2D eigenvalue weighted by molar-refractivity contribution is 7.89. The Morgan fingerprint density at radius 3 is 2.28 bits per heavy atom. The number of carbonyl (C=O) groups is 1. The number of nitrogens with two attached hydrogens (primary N) is 1. The standard InChI is InChI=1S/C19H23N3O5S2/c1-14-4-10-17(11-5-14)29(26,27)22-12-2-3-18(22)19(23)21-16-8-6-15(7-9-16)13-28(20,24)25/h4-11,18H,2-3,12-13H2,1H3,(H,21,23)(H2,20,24,25)/t18-/m0/s1. The van der Waals surface area contributed by atoms with Crippen LogP contribution < -0.4 is 10.5 Å². The molecule has 0 spiro atoms. The highest BCUT2D eigenvalue weighted by Crippen LogP contribution is 2.27. The number of hydrogen-bond donors (Lipinski definition) is 2. The van der Waals surface area contributed by atoms with Crippen LogP contribution in [0.2, 0.25) is 0 Å². The van der Waals surface area contributed by atoms with Crippen molar-refractivity contribution in [3.05, 3.63) is 59.7 Å². The van der Waals surface area contributed by atoms with E-state index in [-0.39, 0.29) is 17.2 Å². The van der Waals surface area contributed by atoms with Crippen LogP contribution in [0.4, 0.5) is 5.69 Å². The highest BCUT2D eigenvalue weighted by atomic mass is 32.2. The van der Waals surface area contributed by atoms with Crippen molar-refractivity contribution in [3.63, 3.8) is 0 Å². The summed E-state index contributed by atoms with van der Waals surface area (Å²) in [4.78, 5) is 12.9. The molecule has 3 N–H and O–H groups in total. The molecule has 10 heteroatoms. The van der Waals surface area contributed by atoms with Crippen molar-refractivity contribution in [2.75, 3.05) is 11.9 Å². The van der Waals surface area contributed by atoms with Gasteiger partial charge in [-0.25, -0.2) is 22.0 Å². The lowest BCUT2D eigenvalue weighted by molar-refractivity contribution is -0.119. The predicted octanol–water partition coefficient (Wildman–Crippen LogP) is 1.58. The van der Waals surface area contributed by atoms with Gasteiger partial charge in [-0.2, -0.15) is 4.31 Å². The molecule has 156 valence electrons. The summed E-state index contributed by atoms with van der Waals surface area (Å²) in [6, 6.07) is 12.0. The third kappa shape index (κ3) is 5.21. The van der Waals surface area contributed by atoms with E-state index in [1.54, 1.807) is 48.5 Å². The second-order valence-electron chi connectivity index (χ2n) is 7.08. The predicted molar refractivity (Wildman–Crippen MR) is 110 cm³/mol. The van der Waals surface area contributed by atoms with Gasteiger partial charge in [-0.1, -0.05) is 29.8 Å². The minimum Gasteiger partial charge on any atom is -0.325 e. The molecule has 1 atom stereocenters. The molecule has 1 heterocycles. The molecule has 1 aliphatic rings. The lowest BCUT2D eigenvalue weighted by atomic mass is 10.2. The molecule has 8 nitrogen and oxygen atoms in total. The zero-order chi connectivity index (χ0) is 21.2. The summed E-state index contributed by atoms with van der Waals surface area (Å²) in [6.45, 7) is 2.15. The maximum Gasteiger partial charge on any atom is 0.243 e. The molecule has 29 heavy (non-hydrogen) atoms. The first kappa shape index (κ1) is 21.4. The Hall–Kier alpha value is -2.27. The smallest absolute Gasteiger partial charge is 0.243 e. The minimum atomic E-state index is -3.78. The molecule has 2 aromatic rings. The zero-order valence-electron chi connectivity index (χ0n) is 15.9. The average Bonchev–Trinajstić information content (AvgIpc) is 3.13. The van der Waals surface area contributed by atoms with Gasteiger partial charge in [0.15, 0.2) is 0 Å². The third-order valence-electron chi connectivity index (χ3n) is 4.72. The van der Waals surface area contributed by atoms with Gasteiger partial charge in [0, 0.05) is 12.2 Å². The van der Waals surface area contributed by atoms with E-state index in [9.17, 15) is 21.6 Å². The summed E-state index contributed by atoms with van der Waals surface area (Å²) in [6.07, 6.45) is 1.02. The molecule has 1 fully saturated rings. The fourth-order valence-electron chi connectivity index (χ4n) is 3.28. The maximum atomic E-state index is 13.0. The highest BCUT2D eigenvalue weighted by Gasteiger charge is 2.39. The summed E-state index contributed by atoms with van der Waals surface area (Å²) in [5, 5.41) is 7.73. The normalized spacial score (nSPS) is 17.9. The summed E-state index contributed by atoms with van der Waals surface area (Å²) in [5.74, 6) is -0.718. The first-order valence-electron chi connectivity index (χ1n) is 9.05. The van der Waals surface area contributed by atoms with Crippen molar-refractivity contribution in [1.29, 1.82) is 0 Å². The fraction of sp³-hybridized carbons (Fsp3) is 0.316. The molecular formula is C19H23N3O5S2. The maximum absolute atomic E-state index is 13.0. The number of benzene rings is 2. The number of anilines is 1. The minimum absolute atomic E-state index is 0.162. The molecule has 0 radical (unpaired) electrons. The van der Waals surface area contributed by atoms with Crippen molar-refractivity contribution >= 4 is 31.6 Å². The largest absolute Gasteiger partial charge is 0.325 e. The molecule has 1 amide bonds. The van der Waals surface area contributed by atoms with E-state index in [4.69, 9.17) is 5.14 Å². The monoisotopic (exact) mass is 437 g/mol. The Balaban J connectivity index is 1.74. The van der Waals surface area contributed by atoms with E-state index in [1.807, 2.05) is 6.92 Å². The van der Waals surface area contributed by atoms with Crippen molar-refractivity contribution in [1.82, 2.24) is 4.31 Å². The molecule has 0 unspecified atom stereocenters. The zero-order valence-corrected chi connectivity index (χ0v) is 17.5. The van der Waals surface area contributed by atoms with E-state index in [2.05, 4.69) is 5.32 Å². The number of primary sulfonamides is 1. The molecule has 0 saturated carbocycles. The van der Waals surface area contributed by atoms with Gasteiger partial charge in [0.1, 0.15) is 6.04 Å². The molecule has 1 aliphatic heterocycles. The first-order valence-corrected chi connectivity index (χ1v) is 12.2. The van der Waals surface area contributed by atoms with E-state index in [1.165, 1.54) is 4.31 Å². The summed E-state index contributed by atoms with van der Waals surface area (Å²) in [7, 11) is -7.42. The van der Waals surface area contributed by atoms with Crippen LogP contribution in [-0.2, 0) is 30.6 Å². The number of sulfonamides is 2. The van der Waals surface area contributed by atoms with Crippen LogP contribution in [0.5, 0.6) is 0 Å². The summed E-state index contributed by atoms with van der Waals surface area (Å²) >= 11 is 0. The number of aryl methyl sites for hydroxylation is 1. The van der Waals surface area contributed by atoms with E-state index in [0.717, 1.165) is 5.56 Å². The van der Waals surface area contributed by atoms with E-state index >= 15 is 0 Å². The van der Waals surface area contributed by atoms with Gasteiger partial charge in [0.25, 0.3) is 0 Å². The Kier molecular flexibility index (Phi) is 6.08. The average molecular weight is 438 g/mol. The molecule has 0 bridgehead atoms. The Morgan fingerprint density at radius 1 is 1.07 bits per heavy atom. The van der Waals surface area contributed by atoms with Crippen LogP contribution in [-0.4, -0.2) is 39.6 Å². The quantitative estimate of drug-likeness (QED) is 0.709. The second-order valence-corrected chi connectivity index (χ2v) is 10.6. The molecule has 0 aliphatic carbocycles. The number of nitrogens with one attached hydrogen (secondary N) is 1. The van der Waals surface area contributed by atoms with Gasteiger partial charge in [0.05, 0.1) is 10.6 Å². The number of nitrogens with zero attached hydrogens (tertiary/aromatic N) is 1. The van der Waals surface area contributed by atoms with Crippen LogP contribution in [0.15, 0.2) is 53.4 Å². The van der Waals surface area contributed by atoms with Crippen molar-refractivity contribution < 1.29 is 21.6 Å². The van der Waals surface area contributed by atoms with Crippen LogP contribution in [0.25, 0.3) is 0 Å². The number of carbonyl (C=O) groups excluding carboxylic acids is 1.